The lowest BCUT2D eigenvalue weighted by Gasteiger charge is -2.24. The molecule has 6 nitrogen and oxygen atoms in total. The minimum absolute atomic E-state index is 0.0276. The zero-order valence-electron chi connectivity index (χ0n) is 45.2. The van der Waals surface area contributed by atoms with E-state index in [-0.39, 0.29) is 24.9 Å². The van der Waals surface area contributed by atoms with Crippen LogP contribution in [0.5, 0.6) is 0 Å². The van der Waals surface area contributed by atoms with Crippen LogP contribution in [0.1, 0.15) is 265 Å². The molecule has 0 fully saturated rings. The van der Waals surface area contributed by atoms with Gasteiger partial charge in [-0.1, -0.05) is 259 Å². The maximum atomic E-state index is 13.3. The number of esters is 1. The first-order valence-corrected chi connectivity index (χ1v) is 29.0. The lowest BCUT2D eigenvalue weighted by molar-refractivity contribution is -0.151. The van der Waals surface area contributed by atoms with Gasteiger partial charge >= 0.3 is 5.97 Å². The Hall–Kier alpha value is -3.22. The van der Waals surface area contributed by atoms with E-state index in [2.05, 4.69) is 123 Å². The largest absolute Gasteiger partial charge is 0.462 e. The Morgan fingerprint density at radius 1 is 0.449 bits per heavy atom. The van der Waals surface area contributed by atoms with E-state index in [1.165, 1.54) is 122 Å². The van der Waals surface area contributed by atoms with Gasteiger partial charge in [0.1, 0.15) is 6.10 Å². The van der Waals surface area contributed by atoms with Crippen LogP contribution in [-0.2, 0) is 14.3 Å². The van der Waals surface area contributed by atoms with E-state index in [1.54, 1.807) is 0 Å². The van der Waals surface area contributed by atoms with Gasteiger partial charge in [0, 0.05) is 6.42 Å². The highest BCUT2D eigenvalue weighted by atomic mass is 16.5. The molecule has 0 heterocycles. The summed E-state index contributed by atoms with van der Waals surface area (Å²) < 4.78 is 5.91. The van der Waals surface area contributed by atoms with Crippen molar-refractivity contribution < 1.29 is 24.5 Å². The lowest BCUT2D eigenvalue weighted by atomic mass is 10.0. The molecule has 69 heavy (non-hydrogen) atoms. The van der Waals surface area contributed by atoms with Crippen LogP contribution >= 0.6 is 0 Å². The number of ether oxygens (including phenoxy) is 1. The van der Waals surface area contributed by atoms with Gasteiger partial charge in [-0.05, 0) is 89.9 Å². The number of amides is 1. The number of nitrogens with one attached hydrogen (secondary N) is 1. The van der Waals surface area contributed by atoms with Gasteiger partial charge in [0.05, 0.1) is 25.2 Å². The van der Waals surface area contributed by atoms with Crippen LogP contribution in [0.3, 0.4) is 0 Å². The molecule has 0 aliphatic carbocycles. The van der Waals surface area contributed by atoms with Crippen LogP contribution in [0.2, 0.25) is 0 Å². The number of rotatable bonds is 51. The molecule has 0 radical (unpaired) electrons. The van der Waals surface area contributed by atoms with Gasteiger partial charge in [0.25, 0.3) is 0 Å². The Kier molecular flexibility index (Phi) is 53.1. The van der Waals surface area contributed by atoms with Gasteiger partial charge in [-0.15, -0.1) is 0 Å². The summed E-state index contributed by atoms with van der Waals surface area (Å²) in [5.74, 6) is -0.578. The molecular formula is C63H109NO5. The van der Waals surface area contributed by atoms with E-state index in [0.29, 0.717) is 25.7 Å². The highest BCUT2D eigenvalue weighted by Crippen LogP contribution is 2.17. The van der Waals surface area contributed by atoms with Gasteiger partial charge in [-0.25, -0.2) is 0 Å². The Morgan fingerprint density at radius 3 is 1.30 bits per heavy atom. The zero-order valence-corrected chi connectivity index (χ0v) is 45.2. The molecule has 0 spiro atoms. The molecule has 3 N–H and O–H groups in total. The number of hydrogen-bond acceptors (Lipinski definition) is 5. The summed E-state index contributed by atoms with van der Waals surface area (Å²) in [6, 6.07) is -0.731. The van der Waals surface area contributed by atoms with Crippen LogP contribution in [-0.4, -0.2) is 46.9 Å². The van der Waals surface area contributed by atoms with Crippen molar-refractivity contribution in [1.82, 2.24) is 5.32 Å². The number of allylic oxidation sites excluding steroid dienone is 16. The Bertz CT molecular complexity index is 1350. The molecule has 0 saturated heterocycles. The summed E-state index contributed by atoms with van der Waals surface area (Å²) in [5, 5.41) is 23.9. The number of carbonyl (C=O) groups excluding carboxylic acids is 2. The summed E-state index contributed by atoms with van der Waals surface area (Å²) in [4.78, 5) is 26.3. The first kappa shape index (κ1) is 65.8. The van der Waals surface area contributed by atoms with Crippen molar-refractivity contribution in [2.24, 2.45) is 0 Å². The molecule has 0 bridgehead atoms. The molecule has 0 aromatic rings. The zero-order chi connectivity index (χ0) is 50.2. The monoisotopic (exact) mass is 960 g/mol. The van der Waals surface area contributed by atoms with Gasteiger partial charge < -0.3 is 20.3 Å². The SMILES string of the molecule is CC/C=C\C/C=C\C/C=C\C/C=C\C/C=C\CCCC(=O)OC(CCCCC/C=C/C=C/C=C/CCCCCCC)CC(=O)NC(CO)C(O)CCCCCCCCCCCCCCCCCCC. The van der Waals surface area contributed by atoms with E-state index in [4.69, 9.17) is 4.74 Å². The van der Waals surface area contributed by atoms with Gasteiger partial charge in [-0.2, -0.15) is 0 Å². The molecule has 0 aromatic carbocycles. The second-order valence-electron chi connectivity index (χ2n) is 19.4. The molecule has 6 heteroatoms. The molecule has 3 atom stereocenters. The molecule has 396 valence electrons. The fourth-order valence-corrected chi connectivity index (χ4v) is 8.35. The van der Waals surface area contributed by atoms with Crippen molar-refractivity contribution in [2.75, 3.05) is 6.61 Å². The maximum Gasteiger partial charge on any atom is 0.306 e. The fraction of sp³-hybridized carbons (Fsp3) is 0.714. The molecule has 0 aliphatic heterocycles. The van der Waals surface area contributed by atoms with Crippen LogP contribution in [0.25, 0.3) is 0 Å². The van der Waals surface area contributed by atoms with E-state index in [0.717, 1.165) is 89.9 Å². The van der Waals surface area contributed by atoms with E-state index in [1.807, 2.05) is 0 Å². The van der Waals surface area contributed by atoms with E-state index in [9.17, 15) is 19.8 Å². The number of aliphatic hydroxyl groups excluding tert-OH is 2. The number of aliphatic hydroxyl groups is 2. The number of unbranched alkanes of at least 4 members (excludes halogenated alkanes) is 25. The third-order valence-corrected chi connectivity index (χ3v) is 12.7. The van der Waals surface area contributed by atoms with E-state index < -0.39 is 18.2 Å². The number of hydrogen-bond donors (Lipinski definition) is 3. The third kappa shape index (κ3) is 51.0. The highest BCUT2D eigenvalue weighted by Gasteiger charge is 2.24. The van der Waals surface area contributed by atoms with Crippen LogP contribution in [0.15, 0.2) is 97.2 Å². The minimum atomic E-state index is -0.813. The summed E-state index contributed by atoms with van der Waals surface area (Å²) in [6.07, 6.45) is 74.7. The average Bonchev–Trinajstić information content (AvgIpc) is 3.34. The quantitative estimate of drug-likeness (QED) is 0.0244. The van der Waals surface area contributed by atoms with Gasteiger partial charge in [0.15, 0.2) is 0 Å². The molecule has 0 aromatic heterocycles. The average molecular weight is 961 g/mol. The second kappa shape index (κ2) is 55.7. The first-order valence-electron chi connectivity index (χ1n) is 29.0. The van der Waals surface area contributed by atoms with Crippen LogP contribution in [0.4, 0.5) is 0 Å². The van der Waals surface area contributed by atoms with Gasteiger partial charge in [-0.3, -0.25) is 9.59 Å². The first-order chi connectivity index (χ1) is 34.0. The van der Waals surface area contributed by atoms with Crippen molar-refractivity contribution in [2.45, 2.75) is 283 Å². The molecule has 1 amide bonds. The molecule has 0 aliphatic rings. The van der Waals surface area contributed by atoms with E-state index >= 15 is 0 Å². The van der Waals surface area contributed by atoms with Crippen LogP contribution < -0.4 is 5.32 Å². The maximum absolute atomic E-state index is 13.3. The second-order valence-corrected chi connectivity index (χ2v) is 19.4. The Morgan fingerprint density at radius 2 is 0.841 bits per heavy atom. The molecular weight excluding hydrogens is 851 g/mol. The van der Waals surface area contributed by atoms with Gasteiger partial charge in [0.2, 0.25) is 5.91 Å². The predicted octanol–water partition coefficient (Wildman–Crippen LogP) is 18.1. The summed E-state index contributed by atoms with van der Waals surface area (Å²) in [7, 11) is 0. The fourth-order valence-electron chi connectivity index (χ4n) is 8.35. The normalized spacial score (nSPS) is 13.9. The lowest BCUT2D eigenvalue weighted by Crippen LogP contribution is -2.46. The Balaban J connectivity index is 4.71. The molecule has 3 unspecified atom stereocenters. The van der Waals surface area contributed by atoms with Crippen molar-refractivity contribution in [3.05, 3.63) is 97.2 Å². The number of carbonyl (C=O) groups is 2. The van der Waals surface area contributed by atoms with Crippen molar-refractivity contribution in [1.29, 1.82) is 0 Å². The summed E-state index contributed by atoms with van der Waals surface area (Å²) >= 11 is 0. The molecule has 0 saturated carbocycles. The summed E-state index contributed by atoms with van der Waals surface area (Å²) in [6.45, 7) is 6.35. The predicted molar refractivity (Wildman–Crippen MR) is 300 cm³/mol. The smallest absolute Gasteiger partial charge is 0.306 e. The standard InChI is InChI=1S/C63H109NO5/c1-4-7-10-13-16-19-22-25-28-31-34-37-40-43-46-49-52-55-61(66)60(58-65)64-62(67)57-59(54-51-48-45-42-39-36-33-30-27-24-21-18-15-12-9-6-3)69-63(68)56-53-50-47-44-41-38-35-32-29-26-23-20-17-14-11-8-5-2/h8,11,17,20,24,26-27,29-30,33,35-36,38-39,44,47,59-61,65-66H,4-7,9-10,12-16,18-19,21-23,25,28,31-32,34,37,40-43,45-46,48-58H2,1-3H3,(H,64,67)/b11-8-,20-17-,27-24+,29-26-,33-30+,38-35-,39-36+,47-44-. The third-order valence-electron chi connectivity index (χ3n) is 12.7. The van der Waals surface area contributed by atoms with Crippen molar-refractivity contribution >= 4 is 11.9 Å². The Labute approximate surface area is 426 Å². The van der Waals surface area contributed by atoms with Crippen molar-refractivity contribution in [3.63, 3.8) is 0 Å². The summed E-state index contributed by atoms with van der Waals surface area (Å²) in [5.41, 5.74) is 0. The topological polar surface area (TPSA) is 95.9 Å². The van der Waals surface area contributed by atoms with Crippen molar-refractivity contribution in [3.8, 4) is 0 Å². The van der Waals surface area contributed by atoms with Crippen LogP contribution in [0, 0.1) is 0 Å². The molecule has 0 rings (SSSR count). The highest BCUT2D eigenvalue weighted by molar-refractivity contribution is 5.77. The minimum Gasteiger partial charge on any atom is -0.462 e.